The molecule has 1 unspecified atom stereocenters. The molecule has 6 nitrogen and oxygen atoms in total. The summed E-state index contributed by atoms with van der Waals surface area (Å²) in [5.74, 6) is 0.862. The van der Waals surface area contributed by atoms with Gasteiger partial charge < -0.3 is 15.2 Å². The van der Waals surface area contributed by atoms with Crippen LogP contribution in [0.2, 0.25) is 0 Å². The average molecular weight is 470 g/mol. The van der Waals surface area contributed by atoms with E-state index in [-0.39, 0.29) is 30.3 Å². The maximum atomic E-state index is 13.0. The molecule has 1 fully saturated rings. The number of alkyl halides is 3. The first-order valence-electron chi connectivity index (χ1n) is 11.0. The van der Waals surface area contributed by atoms with Gasteiger partial charge in [-0.25, -0.2) is 0 Å². The minimum absolute atomic E-state index is 0.0498. The summed E-state index contributed by atoms with van der Waals surface area (Å²) in [6.07, 6.45) is 1.89. The van der Waals surface area contributed by atoms with Crippen molar-refractivity contribution in [3.63, 3.8) is 0 Å². The van der Waals surface area contributed by atoms with E-state index in [1.54, 1.807) is 6.07 Å². The first-order chi connectivity index (χ1) is 15.3. The second kappa shape index (κ2) is 11.1. The van der Waals surface area contributed by atoms with E-state index in [0.717, 1.165) is 44.2 Å². The minimum atomic E-state index is -4.39. The number of carbonyl (C=O) groups is 1. The smallest absolute Gasteiger partial charge is 0.378 e. The van der Waals surface area contributed by atoms with E-state index >= 15 is 0 Å². The monoisotopic (exact) mass is 469 g/mol. The Morgan fingerprint density at radius 3 is 2.69 bits per heavy atom. The predicted octanol–water partition coefficient (Wildman–Crippen LogP) is 5.42. The van der Waals surface area contributed by atoms with Gasteiger partial charge in [-0.05, 0) is 44.4 Å². The molecule has 1 aliphatic carbocycles. The van der Waals surface area contributed by atoms with Crippen molar-refractivity contribution in [1.29, 1.82) is 0 Å². The summed E-state index contributed by atoms with van der Waals surface area (Å²) < 4.78 is 41.1. The van der Waals surface area contributed by atoms with Crippen molar-refractivity contribution in [3.05, 3.63) is 35.7 Å². The highest BCUT2D eigenvalue weighted by Gasteiger charge is 2.30. The molecule has 1 aromatic heterocycles. The molecule has 0 aliphatic heterocycles. The summed E-state index contributed by atoms with van der Waals surface area (Å²) in [5, 5.41) is 15.3. The molecule has 1 aliphatic rings. The van der Waals surface area contributed by atoms with Crippen LogP contribution in [0.4, 0.5) is 18.9 Å². The van der Waals surface area contributed by atoms with Crippen LogP contribution in [-0.4, -0.2) is 32.5 Å². The zero-order valence-corrected chi connectivity index (χ0v) is 19.2. The topological polar surface area (TPSA) is 71.8 Å². The fourth-order valence-electron chi connectivity index (χ4n) is 3.77. The molecule has 176 valence electrons. The van der Waals surface area contributed by atoms with Gasteiger partial charge in [-0.15, -0.1) is 10.2 Å². The Labute approximate surface area is 190 Å². The second-order valence-electron chi connectivity index (χ2n) is 8.16. The van der Waals surface area contributed by atoms with E-state index in [0.29, 0.717) is 16.7 Å². The van der Waals surface area contributed by atoms with Crippen LogP contribution in [-0.2, 0) is 17.5 Å². The zero-order chi connectivity index (χ0) is 23.1. The van der Waals surface area contributed by atoms with Crippen LogP contribution in [0.3, 0.4) is 0 Å². The van der Waals surface area contributed by atoms with Crippen LogP contribution in [0.25, 0.3) is 0 Å². The van der Waals surface area contributed by atoms with Crippen LogP contribution < -0.4 is 10.6 Å². The van der Waals surface area contributed by atoms with Gasteiger partial charge in [-0.1, -0.05) is 44.0 Å². The van der Waals surface area contributed by atoms with Crippen molar-refractivity contribution in [2.45, 2.75) is 82.3 Å². The van der Waals surface area contributed by atoms with Gasteiger partial charge in [0.2, 0.25) is 5.91 Å². The van der Waals surface area contributed by atoms with E-state index in [1.807, 2.05) is 13.8 Å². The molecule has 3 rings (SSSR count). The lowest BCUT2D eigenvalue weighted by atomic mass is 9.95. The maximum absolute atomic E-state index is 13.0. The Hall–Kier alpha value is -2.23. The number of hydrogen-bond donors (Lipinski definition) is 2. The fourth-order valence-corrected chi connectivity index (χ4v) is 4.60. The van der Waals surface area contributed by atoms with E-state index in [4.69, 9.17) is 0 Å². The summed E-state index contributed by atoms with van der Waals surface area (Å²) >= 11 is 1.35. The number of carbonyl (C=O) groups excluding carboxylic acids is 1. The van der Waals surface area contributed by atoms with E-state index in [2.05, 4.69) is 25.4 Å². The number of thioether (sulfide) groups is 1. The quantitative estimate of drug-likeness (QED) is 0.480. The Morgan fingerprint density at radius 1 is 1.25 bits per heavy atom. The summed E-state index contributed by atoms with van der Waals surface area (Å²) in [6.45, 7) is 4.23. The average Bonchev–Trinajstić information content (AvgIpc) is 3.19. The van der Waals surface area contributed by atoms with Gasteiger partial charge in [0.15, 0.2) is 11.0 Å². The predicted molar refractivity (Wildman–Crippen MR) is 120 cm³/mol. The molecule has 0 saturated heterocycles. The largest absolute Gasteiger partial charge is 0.416 e. The number of aromatic nitrogens is 3. The highest BCUT2D eigenvalue weighted by molar-refractivity contribution is 7.99. The van der Waals surface area contributed by atoms with Gasteiger partial charge in [0, 0.05) is 17.8 Å². The number of anilines is 1. The molecule has 1 amide bonds. The molecule has 10 heteroatoms. The van der Waals surface area contributed by atoms with Crippen LogP contribution in [0.1, 0.15) is 69.8 Å². The van der Waals surface area contributed by atoms with E-state index in [1.165, 1.54) is 24.2 Å². The van der Waals surface area contributed by atoms with Crippen molar-refractivity contribution in [1.82, 2.24) is 20.1 Å². The lowest BCUT2D eigenvalue weighted by Gasteiger charge is -2.25. The molecule has 1 atom stereocenters. The van der Waals surface area contributed by atoms with Crippen LogP contribution in [0.15, 0.2) is 29.4 Å². The molecule has 0 bridgehead atoms. The third-order valence-corrected chi connectivity index (χ3v) is 6.61. The molecule has 2 aromatic rings. The zero-order valence-electron chi connectivity index (χ0n) is 18.4. The molecular weight excluding hydrogens is 439 g/mol. The van der Waals surface area contributed by atoms with Crippen molar-refractivity contribution >= 4 is 23.4 Å². The highest BCUT2D eigenvalue weighted by Crippen LogP contribution is 2.33. The summed E-state index contributed by atoms with van der Waals surface area (Å²) in [7, 11) is 0. The van der Waals surface area contributed by atoms with Crippen molar-refractivity contribution < 1.29 is 18.0 Å². The molecule has 0 radical (unpaired) electrons. The normalized spacial score (nSPS) is 16.0. The highest BCUT2D eigenvalue weighted by atomic mass is 32.2. The lowest BCUT2D eigenvalue weighted by Crippen LogP contribution is -2.33. The Morgan fingerprint density at radius 2 is 2.00 bits per heavy atom. The second-order valence-corrected chi connectivity index (χ2v) is 9.10. The van der Waals surface area contributed by atoms with Crippen LogP contribution in [0, 0.1) is 0 Å². The molecule has 1 aromatic carbocycles. The third-order valence-electron chi connectivity index (χ3n) is 5.67. The summed E-state index contributed by atoms with van der Waals surface area (Å²) in [6, 6.07) is 5.48. The van der Waals surface area contributed by atoms with Crippen molar-refractivity contribution in [2.24, 2.45) is 0 Å². The molecule has 0 spiro atoms. The number of benzene rings is 1. The molecule has 1 heterocycles. The lowest BCUT2D eigenvalue weighted by molar-refractivity contribution is -0.137. The standard InChI is InChI=1S/C22H30F3N5OS/c1-3-15(2)27-20(31)14-32-21-29-28-19(30(21)18-10-5-4-6-11-18)13-26-17-9-7-8-16(12-17)22(23,24)25/h7-9,12,15,18,26H,3-6,10-11,13-14H2,1-2H3,(H,27,31). The van der Waals surface area contributed by atoms with Gasteiger partial charge in [-0.3, -0.25) is 4.79 Å². The molecule has 32 heavy (non-hydrogen) atoms. The number of halogens is 3. The van der Waals surface area contributed by atoms with Crippen LogP contribution in [0.5, 0.6) is 0 Å². The molecular formula is C22H30F3N5OS. The number of nitrogens with zero attached hydrogens (tertiary/aromatic N) is 3. The van der Waals surface area contributed by atoms with Crippen molar-refractivity contribution in [3.8, 4) is 0 Å². The third kappa shape index (κ3) is 6.63. The minimum Gasteiger partial charge on any atom is -0.378 e. The van der Waals surface area contributed by atoms with E-state index < -0.39 is 11.7 Å². The number of hydrogen-bond acceptors (Lipinski definition) is 5. The van der Waals surface area contributed by atoms with E-state index in [9.17, 15) is 18.0 Å². The molecule has 2 N–H and O–H groups in total. The number of nitrogens with one attached hydrogen (secondary N) is 2. The Kier molecular flexibility index (Phi) is 8.44. The summed E-state index contributed by atoms with van der Waals surface area (Å²) in [5.41, 5.74) is -0.319. The van der Waals surface area contributed by atoms with Crippen LogP contribution >= 0.6 is 11.8 Å². The number of rotatable bonds is 9. The van der Waals surface area contributed by atoms with Gasteiger partial charge in [-0.2, -0.15) is 13.2 Å². The van der Waals surface area contributed by atoms with Gasteiger partial charge >= 0.3 is 6.18 Å². The maximum Gasteiger partial charge on any atom is 0.416 e. The fraction of sp³-hybridized carbons (Fsp3) is 0.591. The first kappa shape index (κ1) is 24.4. The van der Waals surface area contributed by atoms with Crippen molar-refractivity contribution in [2.75, 3.05) is 11.1 Å². The summed E-state index contributed by atoms with van der Waals surface area (Å²) in [4.78, 5) is 12.2. The van der Waals surface area contributed by atoms with Gasteiger partial charge in [0.05, 0.1) is 17.9 Å². The Balaban J connectivity index is 1.73. The van der Waals surface area contributed by atoms with Gasteiger partial charge in [0.1, 0.15) is 0 Å². The number of amides is 1. The van der Waals surface area contributed by atoms with Gasteiger partial charge in [0.25, 0.3) is 0 Å². The first-order valence-corrected chi connectivity index (χ1v) is 12.0. The SMILES string of the molecule is CCC(C)NC(=O)CSc1nnc(CNc2cccc(C(F)(F)F)c2)n1C1CCCCC1. The Bertz CT molecular complexity index is 896. The molecule has 1 saturated carbocycles.